The number of hydrogen-bond acceptors (Lipinski definition) is 5. The normalized spacial score (nSPS) is 16.3. The number of piperazine rings is 1. The maximum Gasteiger partial charge on any atom is 0.243 e. The number of rotatable bonds is 7. The van der Waals surface area contributed by atoms with Crippen LogP contribution in [0.1, 0.15) is 13.8 Å². The van der Waals surface area contributed by atoms with Crippen LogP contribution < -0.4 is 10.6 Å². The predicted molar refractivity (Wildman–Crippen MR) is 94.5 cm³/mol. The van der Waals surface area contributed by atoms with Crippen molar-refractivity contribution in [3.63, 3.8) is 0 Å². The highest BCUT2D eigenvalue weighted by Gasteiger charge is 2.21. The van der Waals surface area contributed by atoms with Crippen molar-refractivity contribution >= 4 is 21.6 Å². The zero-order valence-corrected chi connectivity index (χ0v) is 15.1. The Morgan fingerprint density at radius 3 is 2.29 bits per heavy atom. The van der Waals surface area contributed by atoms with Gasteiger partial charge in [0.1, 0.15) is 0 Å². The third-order valence-corrected chi connectivity index (χ3v) is 6.12. The quantitative estimate of drug-likeness (QED) is 0.748. The number of hydrogen-bond donors (Lipinski definition) is 2. The molecule has 1 aromatic carbocycles. The van der Waals surface area contributed by atoms with Crippen molar-refractivity contribution in [2.75, 3.05) is 51.1 Å². The van der Waals surface area contributed by atoms with Crippen LogP contribution in [-0.4, -0.2) is 69.3 Å². The lowest BCUT2D eigenvalue weighted by molar-refractivity contribution is -0.117. The molecule has 1 aliphatic heterocycles. The standard InChI is InChI=1S/C16H26N4O3S/c1-3-20(4-2)24(22,23)15-7-5-14(6-8-15)18-16(21)13-19-11-9-17-10-12-19/h5-8,17H,3-4,9-13H2,1-2H3,(H,18,21). The van der Waals surface area contributed by atoms with E-state index < -0.39 is 10.0 Å². The molecule has 0 radical (unpaired) electrons. The van der Waals surface area contributed by atoms with Crippen molar-refractivity contribution in [1.29, 1.82) is 0 Å². The van der Waals surface area contributed by atoms with E-state index in [1.165, 1.54) is 16.4 Å². The molecule has 0 unspecified atom stereocenters. The summed E-state index contributed by atoms with van der Waals surface area (Å²) in [6.07, 6.45) is 0. The monoisotopic (exact) mass is 354 g/mol. The minimum Gasteiger partial charge on any atom is -0.325 e. The summed E-state index contributed by atoms with van der Waals surface area (Å²) < 4.78 is 26.2. The molecular formula is C16H26N4O3S. The molecule has 0 bridgehead atoms. The molecule has 1 fully saturated rings. The van der Waals surface area contributed by atoms with Crippen LogP contribution in [0.2, 0.25) is 0 Å². The zero-order valence-electron chi connectivity index (χ0n) is 14.3. The Bertz CT molecular complexity index is 636. The minimum absolute atomic E-state index is 0.0868. The maximum absolute atomic E-state index is 12.4. The van der Waals surface area contributed by atoms with E-state index in [-0.39, 0.29) is 10.8 Å². The summed E-state index contributed by atoms with van der Waals surface area (Å²) >= 11 is 0. The van der Waals surface area contributed by atoms with Crippen LogP contribution in [0.3, 0.4) is 0 Å². The molecule has 0 atom stereocenters. The number of anilines is 1. The van der Waals surface area contributed by atoms with Crippen molar-refractivity contribution < 1.29 is 13.2 Å². The summed E-state index contributed by atoms with van der Waals surface area (Å²) in [6, 6.07) is 6.33. The summed E-state index contributed by atoms with van der Waals surface area (Å²) in [6.45, 7) is 8.34. The Balaban J connectivity index is 1.97. The van der Waals surface area contributed by atoms with Crippen LogP contribution in [0.15, 0.2) is 29.2 Å². The molecular weight excluding hydrogens is 328 g/mol. The average molecular weight is 354 g/mol. The van der Waals surface area contributed by atoms with Crippen LogP contribution in [0, 0.1) is 0 Å². The molecule has 1 amide bonds. The molecule has 1 aliphatic rings. The molecule has 0 spiro atoms. The van der Waals surface area contributed by atoms with Crippen LogP contribution in [0.25, 0.3) is 0 Å². The lowest BCUT2D eigenvalue weighted by atomic mass is 10.3. The van der Waals surface area contributed by atoms with E-state index >= 15 is 0 Å². The van der Waals surface area contributed by atoms with E-state index in [4.69, 9.17) is 0 Å². The van der Waals surface area contributed by atoms with Crippen molar-refractivity contribution in [2.24, 2.45) is 0 Å². The van der Waals surface area contributed by atoms with Gasteiger partial charge < -0.3 is 10.6 Å². The Labute approximate surface area is 144 Å². The summed E-state index contributed by atoms with van der Waals surface area (Å²) in [4.78, 5) is 14.4. The molecule has 0 aromatic heterocycles. The van der Waals surface area contributed by atoms with E-state index in [0.717, 1.165) is 26.2 Å². The number of benzene rings is 1. The van der Waals surface area contributed by atoms with Crippen molar-refractivity contribution in [1.82, 2.24) is 14.5 Å². The van der Waals surface area contributed by atoms with Gasteiger partial charge in [0.15, 0.2) is 0 Å². The highest BCUT2D eigenvalue weighted by atomic mass is 32.2. The van der Waals surface area contributed by atoms with Gasteiger partial charge in [0.25, 0.3) is 0 Å². The van der Waals surface area contributed by atoms with Gasteiger partial charge in [0, 0.05) is 45.0 Å². The van der Waals surface area contributed by atoms with Gasteiger partial charge in [-0.2, -0.15) is 4.31 Å². The second-order valence-electron chi connectivity index (χ2n) is 5.69. The van der Waals surface area contributed by atoms with Gasteiger partial charge in [-0.25, -0.2) is 8.42 Å². The Morgan fingerprint density at radius 2 is 1.75 bits per heavy atom. The number of carbonyl (C=O) groups excluding carboxylic acids is 1. The first kappa shape index (κ1) is 18.9. The minimum atomic E-state index is -3.46. The lowest BCUT2D eigenvalue weighted by Gasteiger charge is -2.26. The van der Waals surface area contributed by atoms with E-state index in [2.05, 4.69) is 15.5 Å². The van der Waals surface area contributed by atoms with Gasteiger partial charge in [-0.1, -0.05) is 13.8 Å². The number of carbonyl (C=O) groups is 1. The molecule has 1 saturated heterocycles. The zero-order chi connectivity index (χ0) is 17.6. The van der Waals surface area contributed by atoms with Gasteiger partial charge in [-0.05, 0) is 24.3 Å². The average Bonchev–Trinajstić information content (AvgIpc) is 2.57. The van der Waals surface area contributed by atoms with Gasteiger partial charge >= 0.3 is 0 Å². The van der Waals surface area contributed by atoms with Crippen LogP contribution >= 0.6 is 0 Å². The van der Waals surface area contributed by atoms with Gasteiger partial charge in [-0.3, -0.25) is 9.69 Å². The highest BCUT2D eigenvalue weighted by molar-refractivity contribution is 7.89. The number of amides is 1. The predicted octanol–water partition coefficient (Wildman–Crippen LogP) is 0.561. The van der Waals surface area contributed by atoms with E-state index in [9.17, 15) is 13.2 Å². The van der Waals surface area contributed by atoms with Crippen molar-refractivity contribution in [3.8, 4) is 0 Å². The van der Waals surface area contributed by atoms with Crippen LogP contribution in [0.5, 0.6) is 0 Å². The van der Waals surface area contributed by atoms with E-state index in [0.29, 0.717) is 25.3 Å². The summed E-state index contributed by atoms with van der Waals surface area (Å²) in [5.74, 6) is -0.0868. The summed E-state index contributed by atoms with van der Waals surface area (Å²) in [5, 5.41) is 6.06. The molecule has 2 N–H and O–H groups in total. The fourth-order valence-corrected chi connectivity index (χ4v) is 4.15. The first-order chi connectivity index (χ1) is 11.5. The highest BCUT2D eigenvalue weighted by Crippen LogP contribution is 2.18. The Kier molecular flexibility index (Phi) is 6.73. The number of nitrogens with zero attached hydrogens (tertiary/aromatic N) is 2. The largest absolute Gasteiger partial charge is 0.325 e. The molecule has 1 aromatic rings. The van der Waals surface area contributed by atoms with Gasteiger partial charge in [0.05, 0.1) is 11.4 Å². The number of nitrogens with one attached hydrogen (secondary N) is 2. The fourth-order valence-electron chi connectivity index (χ4n) is 2.70. The molecule has 2 rings (SSSR count). The summed E-state index contributed by atoms with van der Waals surface area (Å²) in [7, 11) is -3.46. The first-order valence-electron chi connectivity index (χ1n) is 8.30. The Morgan fingerprint density at radius 1 is 1.17 bits per heavy atom. The molecule has 8 heteroatoms. The molecule has 1 heterocycles. The van der Waals surface area contributed by atoms with Crippen molar-refractivity contribution in [3.05, 3.63) is 24.3 Å². The smallest absolute Gasteiger partial charge is 0.243 e. The molecule has 0 saturated carbocycles. The Hall–Kier alpha value is -1.48. The van der Waals surface area contributed by atoms with Gasteiger partial charge in [0.2, 0.25) is 15.9 Å². The fraction of sp³-hybridized carbons (Fsp3) is 0.562. The SMILES string of the molecule is CCN(CC)S(=O)(=O)c1ccc(NC(=O)CN2CCNCC2)cc1. The second kappa shape index (κ2) is 8.57. The molecule has 0 aliphatic carbocycles. The van der Waals surface area contributed by atoms with Crippen molar-refractivity contribution in [2.45, 2.75) is 18.7 Å². The maximum atomic E-state index is 12.4. The van der Waals surface area contributed by atoms with E-state index in [1.807, 2.05) is 13.8 Å². The molecule has 24 heavy (non-hydrogen) atoms. The second-order valence-corrected chi connectivity index (χ2v) is 7.63. The molecule has 7 nitrogen and oxygen atoms in total. The third kappa shape index (κ3) is 4.76. The summed E-state index contributed by atoms with van der Waals surface area (Å²) in [5.41, 5.74) is 0.605. The van der Waals surface area contributed by atoms with Crippen LogP contribution in [-0.2, 0) is 14.8 Å². The third-order valence-electron chi connectivity index (χ3n) is 4.06. The van der Waals surface area contributed by atoms with E-state index in [1.54, 1.807) is 12.1 Å². The first-order valence-corrected chi connectivity index (χ1v) is 9.74. The molecule has 134 valence electrons. The lowest BCUT2D eigenvalue weighted by Crippen LogP contribution is -2.46. The number of sulfonamides is 1. The topological polar surface area (TPSA) is 81.8 Å². The van der Waals surface area contributed by atoms with Crippen LogP contribution in [0.4, 0.5) is 5.69 Å². The van der Waals surface area contributed by atoms with Gasteiger partial charge in [-0.15, -0.1) is 0 Å².